The smallest absolute Gasteiger partial charge is 0.255 e. The lowest BCUT2D eigenvalue weighted by Crippen LogP contribution is -2.38. The summed E-state index contributed by atoms with van der Waals surface area (Å²) in [5.41, 5.74) is 7.86. The third-order valence-corrected chi connectivity index (χ3v) is 5.18. The van der Waals surface area contributed by atoms with Crippen LogP contribution in [0.4, 0.5) is 11.4 Å². The van der Waals surface area contributed by atoms with Gasteiger partial charge in [0, 0.05) is 31.4 Å². The number of piperidine rings is 1. The van der Waals surface area contributed by atoms with E-state index in [4.69, 9.17) is 22.1 Å². The van der Waals surface area contributed by atoms with Crippen molar-refractivity contribution in [3.63, 3.8) is 0 Å². The van der Waals surface area contributed by atoms with Crippen LogP contribution >= 0.6 is 11.6 Å². The van der Waals surface area contributed by atoms with E-state index in [2.05, 4.69) is 34.5 Å². The molecule has 26 heavy (non-hydrogen) atoms. The lowest BCUT2D eigenvalue weighted by molar-refractivity contribution is 0.0942. The highest BCUT2D eigenvalue weighted by Gasteiger charge is 2.21. The van der Waals surface area contributed by atoms with Crippen molar-refractivity contribution in [2.24, 2.45) is 5.92 Å². The fraction of sp³-hybridized carbons (Fsp3) is 0.350. The van der Waals surface area contributed by atoms with E-state index in [9.17, 15) is 4.79 Å². The number of nitrogens with zero attached hydrogens (tertiary/aromatic N) is 1. The van der Waals surface area contributed by atoms with Crippen molar-refractivity contribution in [2.45, 2.75) is 12.8 Å². The third kappa shape index (κ3) is 4.22. The minimum atomic E-state index is -0.185. The number of nitrogens with one attached hydrogen (secondary N) is 1. The molecule has 0 atom stereocenters. The number of halogens is 1. The van der Waals surface area contributed by atoms with Gasteiger partial charge in [-0.15, -0.1) is 0 Å². The molecule has 1 heterocycles. The van der Waals surface area contributed by atoms with Crippen molar-refractivity contribution in [3.8, 4) is 5.75 Å². The van der Waals surface area contributed by atoms with E-state index in [1.807, 2.05) is 6.07 Å². The van der Waals surface area contributed by atoms with Crippen molar-refractivity contribution in [1.29, 1.82) is 0 Å². The molecule has 1 fully saturated rings. The number of rotatable bonds is 5. The van der Waals surface area contributed by atoms with Gasteiger partial charge in [-0.3, -0.25) is 4.79 Å². The number of hydrogen-bond acceptors (Lipinski definition) is 4. The Morgan fingerprint density at radius 2 is 1.96 bits per heavy atom. The van der Waals surface area contributed by atoms with Crippen molar-refractivity contribution < 1.29 is 9.53 Å². The molecule has 3 N–H and O–H groups in total. The number of nitrogen functional groups attached to an aromatic ring is 1. The van der Waals surface area contributed by atoms with Crippen LogP contribution in [-0.2, 0) is 0 Å². The molecule has 138 valence electrons. The number of ether oxygens (including phenoxy) is 1. The average molecular weight is 374 g/mol. The monoisotopic (exact) mass is 373 g/mol. The number of amides is 1. The first-order chi connectivity index (χ1) is 12.6. The SMILES string of the molecule is COc1cc(Cl)c(N)cc1C(=O)NCC1CCN(c2ccccc2)CC1. The maximum Gasteiger partial charge on any atom is 0.255 e. The van der Waals surface area contributed by atoms with E-state index in [-0.39, 0.29) is 5.91 Å². The number of methoxy groups -OCH3 is 1. The first-order valence-electron chi connectivity index (χ1n) is 8.79. The van der Waals surface area contributed by atoms with Gasteiger partial charge in [0.2, 0.25) is 0 Å². The Morgan fingerprint density at radius 3 is 2.62 bits per heavy atom. The Balaban J connectivity index is 1.54. The average Bonchev–Trinajstić information content (AvgIpc) is 2.69. The largest absolute Gasteiger partial charge is 0.496 e. The fourth-order valence-electron chi connectivity index (χ4n) is 3.28. The summed E-state index contributed by atoms with van der Waals surface area (Å²) in [7, 11) is 1.51. The van der Waals surface area contributed by atoms with Gasteiger partial charge < -0.3 is 20.7 Å². The van der Waals surface area contributed by atoms with Gasteiger partial charge in [0.05, 0.1) is 23.4 Å². The number of para-hydroxylation sites is 1. The van der Waals surface area contributed by atoms with Crippen LogP contribution in [0.1, 0.15) is 23.2 Å². The van der Waals surface area contributed by atoms with Gasteiger partial charge >= 0.3 is 0 Å². The molecule has 0 spiro atoms. The number of carbonyl (C=O) groups excluding carboxylic acids is 1. The first-order valence-corrected chi connectivity index (χ1v) is 9.17. The Morgan fingerprint density at radius 1 is 1.27 bits per heavy atom. The number of benzene rings is 2. The zero-order valence-electron chi connectivity index (χ0n) is 14.9. The molecule has 0 saturated carbocycles. The second kappa shape index (κ2) is 8.32. The molecular formula is C20H24ClN3O2. The van der Waals surface area contributed by atoms with Gasteiger partial charge in [0.1, 0.15) is 5.75 Å². The highest BCUT2D eigenvalue weighted by Crippen LogP contribution is 2.29. The van der Waals surface area contributed by atoms with Gasteiger partial charge in [-0.25, -0.2) is 0 Å². The fourth-order valence-corrected chi connectivity index (χ4v) is 3.44. The zero-order chi connectivity index (χ0) is 18.5. The molecule has 2 aromatic carbocycles. The predicted molar refractivity (Wildman–Crippen MR) is 106 cm³/mol. The van der Waals surface area contributed by atoms with Crippen molar-refractivity contribution >= 4 is 28.9 Å². The minimum absolute atomic E-state index is 0.185. The van der Waals surface area contributed by atoms with Crippen LogP contribution in [0.25, 0.3) is 0 Å². The summed E-state index contributed by atoms with van der Waals surface area (Å²) < 4.78 is 5.25. The molecule has 0 aromatic heterocycles. The lowest BCUT2D eigenvalue weighted by atomic mass is 9.96. The standard InChI is InChI=1S/C20H24ClN3O2/c1-26-19-12-17(21)18(22)11-16(19)20(25)23-13-14-7-9-24(10-8-14)15-5-3-2-4-6-15/h2-6,11-12,14H,7-10,13,22H2,1H3,(H,23,25). The Labute approximate surface area is 159 Å². The summed E-state index contributed by atoms with van der Waals surface area (Å²) in [4.78, 5) is 14.9. The van der Waals surface area contributed by atoms with Crippen LogP contribution in [0.5, 0.6) is 5.75 Å². The molecule has 1 amide bonds. The maximum absolute atomic E-state index is 12.5. The normalized spacial score (nSPS) is 14.9. The van der Waals surface area contributed by atoms with E-state index in [1.54, 1.807) is 12.1 Å². The first kappa shape index (κ1) is 18.4. The van der Waals surface area contributed by atoms with E-state index in [0.717, 1.165) is 25.9 Å². The molecule has 0 aliphatic carbocycles. The summed E-state index contributed by atoms with van der Waals surface area (Å²) in [6.07, 6.45) is 2.10. The van der Waals surface area contributed by atoms with Crippen LogP contribution in [-0.4, -0.2) is 32.7 Å². The van der Waals surface area contributed by atoms with Gasteiger partial charge in [-0.05, 0) is 37.0 Å². The predicted octanol–water partition coefficient (Wildman–Crippen LogP) is 3.58. The molecule has 0 bridgehead atoms. The van der Waals surface area contributed by atoms with E-state index >= 15 is 0 Å². The number of hydrogen-bond donors (Lipinski definition) is 2. The summed E-state index contributed by atoms with van der Waals surface area (Å²) in [6.45, 7) is 2.65. The van der Waals surface area contributed by atoms with Crippen LogP contribution in [0.2, 0.25) is 5.02 Å². The van der Waals surface area contributed by atoms with E-state index in [1.165, 1.54) is 12.8 Å². The molecule has 2 aromatic rings. The van der Waals surface area contributed by atoms with E-state index in [0.29, 0.717) is 34.5 Å². The minimum Gasteiger partial charge on any atom is -0.496 e. The third-order valence-electron chi connectivity index (χ3n) is 4.85. The van der Waals surface area contributed by atoms with Gasteiger partial charge in [0.25, 0.3) is 5.91 Å². The number of anilines is 2. The second-order valence-electron chi connectivity index (χ2n) is 6.55. The maximum atomic E-state index is 12.5. The van der Waals surface area contributed by atoms with Crippen molar-refractivity contribution in [2.75, 3.05) is 37.4 Å². The summed E-state index contributed by atoms with van der Waals surface area (Å²) >= 11 is 5.99. The van der Waals surface area contributed by atoms with Crippen LogP contribution in [0.3, 0.4) is 0 Å². The van der Waals surface area contributed by atoms with Gasteiger partial charge in [-0.2, -0.15) is 0 Å². The molecule has 6 heteroatoms. The summed E-state index contributed by atoms with van der Waals surface area (Å²) in [6, 6.07) is 13.6. The van der Waals surface area contributed by atoms with Crippen LogP contribution in [0, 0.1) is 5.92 Å². The number of carbonyl (C=O) groups is 1. The topological polar surface area (TPSA) is 67.6 Å². The molecule has 0 unspecified atom stereocenters. The van der Waals surface area contributed by atoms with Crippen molar-refractivity contribution in [1.82, 2.24) is 5.32 Å². The Bertz CT molecular complexity index is 759. The second-order valence-corrected chi connectivity index (χ2v) is 6.96. The summed E-state index contributed by atoms with van der Waals surface area (Å²) in [5, 5.41) is 3.39. The molecule has 5 nitrogen and oxygen atoms in total. The highest BCUT2D eigenvalue weighted by molar-refractivity contribution is 6.33. The lowest BCUT2D eigenvalue weighted by Gasteiger charge is -2.33. The van der Waals surface area contributed by atoms with Gasteiger partial charge in [-0.1, -0.05) is 29.8 Å². The molecule has 1 saturated heterocycles. The molecule has 0 radical (unpaired) electrons. The zero-order valence-corrected chi connectivity index (χ0v) is 15.6. The van der Waals surface area contributed by atoms with E-state index < -0.39 is 0 Å². The molecular weight excluding hydrogens is 350 g/mol. The Hall–Kier alpha value is -2.40. The van der Waals surface area contributed by atoms with Crippen LogP contribution in [0.15, 0.2) is 42.5 Å². The summed E-state index contributed by atoms with van der Waals surface area (Å²) in [5.74, 6) is 0.714. The highest BCUT2D eigenvalue weighted by atomic mass is 35.5. The Kier molecular flexibility index (Phi) is 5.89. The molecule has 3 rings (SSSR count). The quantitative estimate of drug-likeness (QED) is 0.786. The molecule has 1 aliphatic rings. The van der Waals surface area contributed by atoms with Crippen molar-refractivity contribution in [3.05, 3.63) is 53.1 Å². The number of nitrogens with two attached hydrogens (primary N) is 1. The molecule has 1 aliphatic heterocycles. The van der Waals surface area contributed by atoms with Crippen LogP contribution < -0.4 is 20.7 Å². The van der Waals surface area contributed by atoms with Gasteiger partial charge in [0.15, 0.2) is 0 Å².